The molecule has 4 rings (SSSR count). The highest BCUT2D eigenvalue weighted by atomic mass is 35.5. The number of carbonyl (C=O) groups excluding carboxylic acids is 2. The lowest BCUT2D eigenvalue weighted by Gasteiger charge is -2.11. The molecule has 0 aliphatic carbocycles. The fourth-order valence-corrected chi connectivity index (χ4v) is 4.39. The maximum atomic E-state index is 12.6. The minimum Gasteiger partial charge on any atom is -0.326 e. The number of halogens is 1. The first-order valence-electron chi connectivity index (χ1n) is 10.4. The van der Waals surface area contributed by atoms with E-state index in [1.54, 1.807) is 18.2 Å². The van der Waals surface area contributed by atoms with E-state index in [2.05, 4.69) is 10.6 Å². The zero-order valence-corrected chi connectivity index (χ0v) is 19.8. The van der Waals surface area contributed by atoms with Crippen LogP contribution in [0.1, 0.15) is 15.9 Å². The van der Waals surface area contributed by atoms with Gasteiger partial charge in [0, 0.05) is 17.5 Å². The molecule has 0 saturated heterocycles. The van der Waals surface area contributed by atoms with Crippen LogP contribution in [-0.2, 0) is 21.1 Å². The second-order valence-corrected chi connectivity index (χ2v) is 10.3. The molecule has 34 heavy (non-hydrogen) atoms. The Morgan fingerprint density at radius 1 is 0.824 bits per heavy atom. The summed E-state index contributed by atoms with van der Waals surface area (Å²) in [4.78, 5) is 25.1. The van der Waals surface area contributed by atoms with Gasteiger partial charge in [0.15, 0.2) is 9.84 Å². The highest BCUT2D eigenvalue weighted by Crippen LogP contribution is 2.26. The Morgan fingerprint density at radius 2 is 1.59 bits per heavy atom. The molecule has 0 atom stereocenters. The predicted octanol–water partition coefficient (Wildman–Crippen LogP) is 5.33. The van der Waals surface area contributed by atoms with Crippen LogP contribution in [0.5, 0.6) is 0 Å². The fourth-order valence-electron chi connectivity index (χ4n) is 3.50. The standard InChI is InChI=1S/C26H21ClN2O4S/c1-34(32,33)22-8-4-7-20(15-22)26(31)29-24-12-11-21(16-23(24)27)28-25(30)14-17-9-10-18-5-2-3-6-19(18)13-17/h2-13,15-16H,14H2,1H3,(H,28,30)(H,29,31). The van der Waals surface area contributed by atoms with E-state index in [0.717, 1.165) is 22.6 Å². The van der Waals surface area contributed by atoms with Crippen LogP contribution in [0.25, 0.3) is 10.8 Å². The molecule has 2 N–H and O–H groups in total. The second kappa shape index (κ2) is 9.67. The highest BCUT2D eigenvalue weighted by Gasteiger charge is 2.14. The number of nitrogens with one attached hydrogen (secondary N) is 2. The molecule has 4 aromatic rings. The molecule has 0 aliphatic rings. The van der Waals surface area contributed by atoms with E-state index in [1.807, 2.05) is 42.5 Å². The van der Waals surface area contributed by atoms with E-state index in [-0.39, 0.29) is 27.8 Å². The zero-order chi connectivity index (χ0) is 24.3. The van der Waals surface area contributed by atoms with Gasteiger partial charge in [-0.25, -0.2) is 8.42 Å². The number of hydrogen-bond acceptors (Lipinski definition) is 4. The van der Waals surface area contributed by atoms with Crippen LogP contribution in [0, 0.1) is 0 Å². The van der Waals surface area contributed by atoms with Gasteiger partial charge in [-0.2, -0.15) is 0 Å². The van der Waals surface area contributed by atoms with Gasteiger partial charge in [-0.15, -0.1) is 0 Å². The van der Waals surface area contributed by atoms with Crippen LogP contribution in [0.3, 0.4) is 0 Å². The van der Waals surface area contributed by atoms with Crippen molar-refractivity contribution in [3.05, 3.63) is 101 Å². The second-order valence-electron chi connectivity index (χ2n) is 7.86. The fraction of sp³-hybridized carbons (Fsp3) is 0.0769. The van der Waals surface area contributed by atoms with Crippen LogP contribution in [0.2, 0.25) is 5.02 Å². The smallest absolute Gasteiger partial charge is 0.255 e. The third-order valence-corrected chi connectivity index (χ3v) is 6.63. The minimum atomic E-state index is -3.44. The summed E-state index contributed by atoms with van der Waals surface area (Å²) < 4.78 is 23.5. The number of benzene rings is 4. The molecule has 172 valence electrons. The molecule has 0 radical (unpaired) electrons. The van der Waals surface area contributed by atoms with E-state index in [9.17, 15) is 18.0 Å². The lowest BCUT2D eigenvalue weighted by atomic mass is 10.0. The van der Waals surface area contributed by atoms with Crippen LogP contribution in [0.15, 0.2) is 89.8 Å². The SMILES string of the molecule is CS(=O)(=O)c1cccc(C(=O)Nc2ccc(NC(=O)Cc3ccc4ccccc4c3)cc2Cl)c1. The minimum absolute atomic E-state index is 0.0516. The van der Waals surface area contributed by atoms with E-state index >= 15 is 0 Å². The summed E-state index contributed by atoms with van der Waals surface area (Å²) in [6.07, 6.45) is 1.28. The molecule has 0 heterocycles. The summed E-state index contributed by atoms with van der Waals surface area (Å²) in [5.74, 6) is -0.693. The zero-order valence-electron chi connectivity index (χ0n) is 18.2. The van der Waals surface area contributed by atoms with Crippen LogP contribution in [0.4, 0.5) is 11.4 Å². The van der Waals surface area contributed by atoms with Crippen molar-refractivity contribution in [2.75, 3.05) is 16.9 Å². The normalized spacial score (nSPS) is 11.2. The quantitative estimate of drug-likeness (QED) is 0.380. The first kappa shape index (κ1) is 23.5. The van der Waals surface area contributed by atoms with Crippen LogP contribution in [-0.4, -0.2) is 26.5 Å². The van der Waals surface area contributed by atoms with Gasteiger partial charge in [-0.3, -0.25) is 9.59 Å². The summed E-state index contributed by atoms with van der Waals surface area (Å²) >= 11 is 6.31. The molecule has 4 aromatic carbocycles. The number of sulfone groups is 1. The third-order valence-electron chi connectivity index (χ3n) is 5.20. The van der Waals surface area contributed by atoms with Crippen molar-refractivity contribution < 1.29 is 18.0 Å². The predicted molar refractivity (Wildman–Crippen MR) is 135 cm³/mol. The Hall–Kier alpha value is -3.68. The Labute approximate surface area is 202 Å². The molecular formula is C26H21ClN2O4S. The number of anilines is 2. The van der Waals surface area contributed by atoms with Crippen LogP contribution < -0.4 is 10.6 Å². The van der Waals surface area contributed by atoms with E-state index in [1.165, 1.54) is 24.3 Å². The summed E-state index contributed by atoms with van der Waals surface area (Å²) in [5.41, 5.74) is 1.91. The largest absolute Gasteiger partial charge is 0.326 e. The first-order valence-corrected chi connectivity index (χ1v) is 12.6. The third kappa shape index (κ3) is 5.62. The Balaban J connectivity index is 1.42. The number of rotatable bonds is 6. The average Bonchev–Trinajstić information content (AvgIpc) is 2.80. The monoisotopic (exact) mass is 492 g/mol. The Kier molecular flexibility index (Phi) is 6.68. The molecular weight excluding hydrogens is 472 g/mol. The molecule has 0 unspecified atom stereocenters. The number of fused-ring (bicyclic) bond motifs is 1. The van der Waals surface area contributed by atoms with Crippen molar-refractivity contribution in [1.82, 2.24) is 0 Å². The first-order chi connectivity index (χ1) is 16.2. The van der Waals surface area contributed by atoms with Crippen molar-refractivity contribution in [3.8, 4) is 0 Å². The molecule has 0 saturated carbocycles. The van der Waals surface area contributed by atoms with E-state index in [4.69, 9.17) is 11.6 Å². The number of hydrogen-bond donors (Lipinski definition) is 2. The molecule has 0 bridgehead atoms. The van der Waals surface area contributed by atoms with Crippen molar-refractivity contribution in [3.63, 3.8) is 0 Å². The summed E-state index contributed by atoms with van der Waals surface area (Å²) in [6, 6.07) is 24.3. The van der Waals surface area contributed by atoms with Gasteiger partial charge in [-0.1, -0.05) is 60.1 Å². The highest BCUT2D eigenvalue weighted by molar-refractivity contribution is 7.90. The van der Waals surface area contributed by atoms with Gasteiger partial charge < -0.3 is 10.6 Å². The molecule has 0 fully saturated rings. The average molecular weight is 493 g/mol. The van der Waals surface area contributed by atoms with Crippen molar-refractivity contribution in [2.45, 2.75) is 11.3 Å². The molecule has 0 spiro atoms. The molecule has 6 nitrogen and oxygen atoms in total. The van der Waals surface area contributed by atoms with Crippen LogP contribution >= 0.6 is 11.6 Å². The van der Waals surface area contributed by atoms with E-state index in [0.29, 0.717) is 11.4 Å². The maximum Gasteiger partial charge on any atom is 0.255 e. The lowest BCUT2D eigenvalue weighted by molar-refractivity contribution is -0.115. The Morgan fingerprint density at radius 3 is 2.32 bits per heavy atom. The van der Waals surface area contributed by atoms with Gasteiger partial charge in [0.05, 0.1) is 22.0 Å². The molecule has 0 aliphatic heterocycles. The van der Waals surface area contributed by atoms with Crippen molar-refractivity contribution >= 4 is 55.4 Å². The van der Waals surface area contributed by atoms with Crippen molar-refractivity contribution in [1.29, 1.82) is 0 Å². The Bertz CT molecular complexity index is 1520. The van der Waals surface area contributed by atoms with Crippen molar-refractivity contribution in [2.24, 2.45) is 0 Å². The lowest BCUT2D eigenvalue weighted by Crippen LogP contribution is -2.15. The molecule has 0 aromatic heterocycles. The van der Waals surface area contributed by atoms with Gasteiger partial charge >= 0.3 is 0 Å². The molecule has 2 amide bonds. The number of carbonyl (C=O) groups is 2. The summed E-state index contributed by atoms with van der Waals surface area (Å²) in [6.45, 7) is 0. The summed E-state index contributed by atoms with van der Waals surface area (Å²) in [7, 11) is -3.44. The maximum absolute atomic E-state index is 12.6. The number of amides is 2. The van der Waals surface area contributed by atoms with Gasteiger partial charge in [-0.05, 0) is 52.7 Å². The summed E-state index contributed by atoms with van der Waals surface area (Å²) in [5, 5.41) is 7.89. The van der Waals surface area contributed by atoms with E-state index < -0.39 is 15.7 Å². The topological polar surface area (TPSA) is 92.3 Å². The van der Waals surface area contributed by atoms with Gasteiger partial charge in [0.25, 0.3) is 5.91 Å². The molecule has 8 heteroatoms. The van der Waals surface area contributed by atoms with Gasteiger partial charge in [0.1, 0.15) is 0 Å². The van der Waals surface area contributed by atoms with Gasteiger partial charge in [0.2, 0.25) is 5.91 Å².